The fourth-order valence-corrected chi connectivity index (χ4v) is 3.45. The normalized spacial score (nSPS) is 27.8. The maximum atomic E-state index is 4.70. The van der Waals surface area contributed by atoms with Crippen molar-refractivity contribution in [2.45, 2.75) is 37.9 Å². The summed E-state index contributed by atoms with van der Waals surface area (Å²) in [6.45, 7) is 3.35. The van der Waals surface area contributed by atoms with Crippen LogP contribution >= 0.6 is 0 Å². The van der Waals surface area contributed by atoms with Gasteiger partial charge in [-0.25, -0.2) is 4.98 Å². The fourth-order valence-electron chi connectivity index (χ4n) is 3.45. The molecule has 0 radical (unpaired) electrons. The molecule has 2 aromatic rings. The van der Waals surface area contributed by atoms with Crippen LogP contribution in [0.25, 0.3) is 5.65 Å². The van der Waals surface area contributed by atoms with Gasteiger partial charge in [0, 0.05) is 44.1 Å². The molecule has 2 bridgehead atoms. The van der Waals surface area contributed by atoms with Crippen molar-refractivity contribution in [2.24, 2.45) is 0 Å². The van der Waals surface area contributed by atoms with Gasteiger partial charge < -0.3 is 9.72 Å². The smallest absolute Gasteiger partial charge is 0.137 e. The van der Waals surface area contributed by atoms with Gasteiger partial charge in [0.2, 0.25) is 0 Å². The van der Waals surface area contributed by atoms with E-state index in [2.05, 4.69) is 33.1 Å². The third kappa shape index (κ3) is 2.26. The van der Waals surface area contributed by atoms with Gasteiger partial charge in [0.25, 0.3) is 0 Å². The van der Waals surface area contributed by atoms with E-state index in [-0.39, 0.29) is 0 Å². The minimum absolute atomic E-state index is 0.699. The van der Waals surface area contributed by atoms with E-state index < -0.39 is 0 Å². The topological polar surface area (TPSA) is 32.6 Å². The van der Waals surface area contributed by atoms with E-state index in [0.29, 0.717) is 6.04 Å². The van der Waals surface area contributed by atoms with Gasteiger partial charge in [-0.15, -0.1) is 0 Å². The molecule has 0 aliphatic carbocycles. The number of hydrogen-bond donors (Lipinski definition) is 1. The van der Waals surface area contributed by atoms with Crippen molar-refractivity contribution in [3.05, 3.63) is 36.3 Å². The zero-order valence-electron chi connectivity index (χ0n) is 11.1. The Bertz CT molecular complexity index is 543. The van der Waals surface area contributed by atoms with Crippen LogP contribution in [0.5, 0.6) is 0 Å². The van der Waals surface area contributed by atoms with Crippen LogP contribution in [-0.4, -0.2) is 39.5 Å². The molecule has 0 spiro atoms. The maximum Gasteiger partial charge on any atom is 0.137 e. The zero-order valence-corrected chi connectivity index (χ0v) is 11.1. The Balaban J connectivity index is 1.51. The van der Waals surface area contributed by atoms with E-state index in [4.69, 9.17) is 4.98 Å². The van der Waals surface area contributed by atoms with E-state index in [1.165, 1.54) is 38.0 Å². The summed E-state index contributed by atoms with van der Waals surface area (Å²) < 4.78 is 2.11. The molecule has 4 rings (SSSR count). The highest BCUT2D eigenvalue weighted by atomic mass is 15.2. The summed E-state index contributed by atoms with van der Waals surface area (Å²) in [5.41, 5.74) is 2.23. The first-order valence-electron chi connectivity index (χ1n) is 7.28. The molecule has 0 saturated carbocycles. The monoisotopic (exact) mass is 256 g/mol. The highest BCUT2D eigenvalue weighted by Crippen LogP contribution is 2.21. The molecular formula is C15H20N4. The van der Waals surface area contributed by atoms with Crippen LogP contribution in [0, 0.1) is 0 Å². The zero-order chi connectivity index (χ0) is 12.7. The van der Waals surface area contributed by atoms with E-state index in [9.17, 15) is 0 Å². The second-order valence-electron chi connectivity index (χ2n) is 5.86. The molecule has 1 N–H and O–H groups in total. The van der Waals surface area contributed by atoms with Crippen LogP contribution in [0.2, 0.25) is 0 Å². The molecule has 0 amide bonds. The van der Waals surface area contributed by atoms with Crippen LogP contribution in [0.1, 0.15) is 25.0 Å². The van der Waals surface area contributed by atoms with Crippen LogP contribution in [0.3, 0.4) is 0 Å². The Kier molecular flexibility index (Phi) is 2.78. The Hall–Kier alpha value is -1.39. The highest BCUT2D eigenvalue weighted by molar-refractivity contribution is 5.39. The quantitative estimate of drug-likeness (QED) is 0.887. The molecule has 2 fully saturated rings. The number of nitrogens with zero attached hydrogens (tertiary/aromatic N) is 3. The number of rotatable bonds is 2. The minimum atomic E-state index is 0.699. The number of nitrogens with one attached hydrogen (secondary N) is 1. The highest BCUT2D eigenvalue weighted by Gasteiger charge is 2.29. The first kappa shape index (κ1) is 11.4. The Morgan fingerprint density at radius 1 is 1.21 bits per heavy atom. The Morgan fingerprint density at radius 2 is 2.16 bits per heavy atom. The van der Waals surface area contributed by atoms with Crippen LogP contribution in [0.4, 0.5) is 0 Å². The lowest BCUT2D eigenvalue weighted by molar-refractivity contribution is 0.248. The molecule has 19 heavy (non-hydrogen) atoms. The second-order valence-corrected chi connectivity index (χ2v) is 5.86. The average Bonchev–Trinajstić information content (AvgIpc) is 2.95. The second kappa shape index (κ2) is 4.62. The predicted molar refractivity (Wildman–Crippen MR) is 75.0 cm³/mol. The van der Waals surface area contributed by atoms with Crippen LogP contribution in [-0.2, 0) is 6.54 Å². The van der Waals surface area contributed by atoms with Gasteiger partial charge in [0.05, 0.1) is 5.69 Å². The molecule has 4 nitrogen and oxygen atoms in total. The number of likely N-dealkylation sites (tertiary alicyclic amines) is 1. The van der Waals surface area contributed by atoms with Gasteiger partial charge >= 0.3 is 0 Å². The summed E-state index contributed by atoms with van der Waals surface area (Å²) in [7, 11) is 0. The third-order valence-corrected chi connectivity index (χ3v) is 4.41. The predicted octanol–water partition coefficient (Wildman–Crippen LogP) is 1.66. The summed E-state index contributed by atoms with van der Waals surface area (Å²) in [6.07, 6.45) is 8.22. The van der Waals surface area contributed by atoms with Crippen molar-refractivity contribution < 1.29 is 0 Å². The summed E-state index contributed by atoms with van der Waals surface area (Å²) in [5, 5.41) is 3.73. The fraction of sp³-hybridized carbons (Fsp3) is 0.533. The first-order valence-corrected chi connectivity index (χ1v) is 7.28. The van der Waals surface area contributed by atoms with Gasteiger partial charge in [-0.05, 0) is 31.4 Å². The lowest BCUT2D eigenvalue weighted by atomic mass is 10.1. The Morgan fingerprint density at radius 3 is 3.11 bits per heavy atom. The lowest BCUT2D eigenvalue weighted by Gasteiger charge is -2.22. The minimum Gasteiger partial charge on any atom is -0.310 e. The van der Waals surface area contributed by atoms with E-state index in [1.54, 1.807) is 0 Å². The number of fused-ring (bicyclic) bond motifs is 3. The van der Waals surface area contributed by atoms with Gasteiger partial charge in [-0.1, -0.05) is 6.07 Å². The molecule has 2 atom stereocenters. The summed E-state index contributed by atoms with van der Waals surface area (Å²) in [4.78, 5) is 7.25. The van der Waals surface area contributed by atoms with E-state index in [0.717, 1.165) is 18.2 Å². The van der Waals surface area contributed by atoms with E-state index in [1.807, 2.05) is 12.1 Å². The molecular weight excluding hydrogens is 236 g/mol. The molecule has 2 aromatic heterocycles. The third-order valence-electron chi connectivity index (χ3n) is 4.41. The standard InChI is InChI=1S/C15H20N4/c1-2-7-19-11-14(17-15(19)3-1)10-18-8-6-12-4-5-13(9-18)16-12/h1-3,7,11-13,16H,4-6,8-10H2. The summed E-state index contributed by atoms with van der Waals surface area (Å²) in [6, 6.07) is 7.62. The SMILES string of the molecule is c1ccn2cc(CN3CCC4CCC(C3)N4)nc2c1. The molecule has 100 valence electrons. The van der Waals surface area contributed by atoms with Gasteiger partial charge in [-0.2, -0.15) is 0 Å². The van der Waals surface area contributed by atoms with Crippen molar-refractivity contribution in [3.8, 4) is 0 Å². The summed E-state index contributed by atoms with van der Waals surface area (Å²) in [5.74, 6) is 0. The van der Waals surface area contributed by atoms with Crippen LogP contribution < -0.4 is 5.32 Å². The van der Waals surface area contributed by atoms with Crippen molar-refractivity contribution in [1.29, 1.82) is 0 Å². The molecule has 4 heteroatoms. The van der Waals surface area contributed by atoms with Crippen molar-refractivity contribution in [3.63, 3.8) is 0 Å². The van der Waals surface area contributed by atoms with Crippen LogP contribution in [0.15, 0.2) is 30.6 Å². The van der Waals surface area contributed by atoms with Gasteiger partial charge in [0.15, 0.2) is 0 Å². The van der Waals surface area contributed by atoms with Gasteiger partial charge in [-0.3, -0.25) is 4.90 Å². The number of pyridine rings is 1. The van der Waals surface area contributed by atoms with Gasteiger partial charge in [0.1, 0.15) is 5.65 Å². The molecule has 2 saturated heterocycles. The molecule has 2 aliphatic heterocycles. The molecule has 4 heterocycles. The van der Waals surface area contributed by atoms with E-state index >= 15 is 0 Å². The average molecular weight is 256 g/mol. The van der Waals surface area contributed by atoms with Crippen molar-refractivity contribution in [2.75, 3.05) is 13.1 Å². The van der Waals surface area contributed by atoms with Crippen molar-refractivity contribution in [1.82, 2.24) is 19.6 Å². The first-order chi connectivity index (χ1) is 9.37. The summed E-state index contributed by atoms with van der Waals surface area (Å²) >= 11 is 0. The number of aromatic nitrogens is 2. The maximum absolute atomic E-state index is 4.70. The molecule has 0 aromatic carbocycles. The largest absolute Gasteiger partial charge is 0.310 e. The number of hydrogen-bond acceptors (Lipinski definition) is 3. The lowest BCUT2D eigenvalue weighted by Crippen LogP contribution is -2.35. The van der Waals surface area contributed by atoms with Crippen molar-refractivity contribution >= 4 is 5.65 Å². The molecule has 2 unspecified atom stereocenters. The number of imidazole rings is 1. The Labute approximate surface area is 113 Å². The molecule has 2 aliphatic rings.